The number of carbonyl (C=O) groups is 1. The average Bonchev–Trinajstić information content (AvgIpc) is 2.40. The molecule has 104 valence electrons. The predicted molar refractivity (Wildman–Crippen MR) is 67.9 cm³/mol. The molecule has 0 aliphatic carbocycles. The Hall–Kier alpha value is -2.01. The number of benzene rings is 2. The van der Waals surface area contributed by atoms with Crippen LogP contribution in [-0.4, -0.2) is 5.97 Å². The van der Waals surface area contributed by atoms with Gasteiger partial charge in [0.15, 0.2) is 0 Å². The Morgan fingerprint density at radius 1 is 1.05 bits per heavy atom. The molecular formula is C14H8ClF3O2. The minimum Gasteiger partial charge on any atom is -0.423 e. The van der Waals surface area contributed by atoms with Gasteiger partial charge in [0.05, 0.1) is 16.1 Å². The van der Waals surface area contributed by atoms with Gasteiger partial charge in [-0.05, 0) is 30.3 Å². The third-order valence-electron chi connectivity index (χ3n) is 2.46. The van der Waals surface area contributed by atoms with Crippen LogP contribution in [0.5, 0.6) is 5.75 Å². The summed E-state index contributed by atoms with van der Waals surface area (Å²) in [6.45, 7) is 0. The van der Waals surface area contributed by atoms with E-state index in [1.807, 2.05) is 0 Å². The van der Waals surface area contributed by atoms with Gasteiger partial charge in [-0.15, -0.1) is 0 Å². The highest BCUT2D eigenvalue weighted by molar-refractivity contribution is 6.31. The number of ether oxygens (including phenoxy) is 1. The third-order valence-corrected chi connectivity index (χ3v) is 2.79. The van der Waals surface area contributed by atoms with Crippen LogP contribution in [0.25, 0.3) is 0 Å². The maximum Gasteiger partial charge on any atom is 0.417 e. The predicted octanol–water partition coefficient (Wildman–Crippen LogP) is 4.58. The summed E-state index contributed by atoms with van der Waals surface area (Å²) in [6.07, 6.45) is -4.60. The molecule has 0 aromatic heterocycles. The molecule has 0 bridgehead atoms. The molecule has 0 heterocycles. The molecule has 0 saturated carbocycles. The van der Waals surface area contributed by atoms with Gasteiger partial charge in [-0.25, -0.2) is 4.79 Å². The van der Waals surface area contributed by atoms with Crippen molar-refractivity contribution in [3.05, 3.63) is 64.7 Å². The van der Waals surface area contributed by atoms with E-state index in [-0.39, 0.29) is 11.3 Å². The Kier molecular flexibility index (Phi) is 3.99. The van der Waals surface area contributed by atoms with E-state index in [4.69, 9.17) is 16.3 Å². The van der Waals surface area contributed by atoms with Crippen molar-refractivity contribution in [3.8, 4) is 5.75 Å². The molecule has 0 radical (unpaired) electrons. The zero-order valence-electron chi connectivity index (χ0n) is 9.95. The molecule has 0 N–H and O–H groups in total. The Morgan fingerprint density at radius 3 is 2.30 bits per heavy atom. The van der Waals surface area contributed by atoms with Crippen LogP contribution in [0.1, 0.15) is 15.9 Å². The normalized spacial score (nSPS) is 11.2. The van der Waals surface area contributed by atoms with Gasteiger partial charge < -0.3 is 4.74 Å². The summed E-state index contributed by atoms with van der Waals surface area (Å²) < 4.78 is 42.9. The van der Waals surface area contributed by atoms with Crippen LogP contribution in [0.15, 0.2) is 48.5 Å². The average molecular weight is 301 g/mol. The first-order valence-electron chi connectivity index (χ1n) is 5.52. The van der Waals surface area contributed by atoms with Crippen LogP contribution in [0.4, 0.5) is 13.2 Å². The largest absolute Gasteiger partial charge is 0.423 e. The summed E-state index contributed by atoms with van der Waals surface area (Å²) in [6, 6.07) is 10.9. The van der Waals surface area contributed by atoms with Crippen molar-refractivity contribution in [2.45, 2.75) is 6.18 Å². The van der Waals surface area contributed by atoms with Crippen LogP contribution in [-0.2, 0) is 6.18 Å². The Labute approximate surface area is 117 Å². The fourth-order valence-electron chi connectivity index (χ4n) is 1.53. The van der Waals surface area contributed by atoms with Gasteiger partial charge in [-0.3, -0.25) is 0 Å². The molecule has 0 unspecified atom stereocenters. The Morgan fingerprint density at radius 2 is 1.70 bits per heavy atom. The van der Waals surface area contributed by atoms with E-state index >= 15 is 0 Å². The summed E-state index contributed by atoms with van der Waals surface area (Å²) in [5, 5.41) is -0.447. The van der Waals surface area contributed by atoms with Gasteiger partial charge in [0.1, 0.15) is 5.75 Å². The molecule has 20 heavy (non-hydrogen) atoms. The standard InChI is InChI=1S/C14H8ClF3O2/c15-12-7-6-10(8-11(12)14(16,17)18)20-13(19)9-4-2-1-3-5-9/h1-8H. The molecule has 6 heteroatoms. The molecule has 0 fully saturated rings. The van der Waals surface area contributed by atoms with Crippen LogP contribution < -0.4 is 4.74 Å². The molecule has 0 amide bonds. The number of hydrogen-bond acceptors (Lipinski definition) is 2. The van der Waals surface area contributed by atoms with Crippen molar-refractivity contribution in [1.29, 1.82) is 0 Å². The van der Waals surface area contributed by atoms with Crippen molar-refractivity contribution in [3.63, 3.8) is 0 Å². The molecule has 0 aliphatic heterocycles. The minimum atomic E-state index is -4.60. The van der Waals surface area contributed by atoms with Gasteiger partial charge >= 0.3 is 12.1 Å². The van der Waals surface area contributed by atoms with E-state index in [1.165, 1.54) is 18.2 Å². The molecule has 0 saturated heterocycles. The first-order chi connectivity index (χ1) is 9.38. The van der Waals surface area contributed by atoms with Crippen molar-refractivity contribution >= 4 is 17.6 Å². The lowest BCUT2D eigenvalue weighted by molar-refractivity contribution is -0.137. The summed E-state index contributed by atoms with van der Waals surface area (Å²) in [5.41, 5.74) is -0.798. The molecule has 2 aromatic rings. The number of esters is 1. The molecule has 0 atom stereocenters. The van der Waals surface area contributed by atoms with Crippen molar-refractivity contribution in [1.82, 2.24) is 0 Å². The van der Waals surface area contributed by atoms with E-state index in [0.29, 0.717) is 6.07 Å². The van der Waals surface area contributed by atoms with Gasteiger partial charge in [0, 0.05) is 0 Å². The van der Waals surface area contributed by atoms with Crippen molar-refractivity contribution in [2.24, 2.45) is 0 Å². The van der Waals surface area contributed by atoms with Crippen molar-refractivity contribution < 1.29 is 22.7 Å². The zero-order valence-corrected chi connectivity index (χ0v) is 10.7. The van der Waals surface area contributed by atoms with Crippen LogP contribution in [0, 0.1) is 0 Å². The number of rotatable bonds is 2. The van der Waals surface area contributed by atoms with E-state index in [9.17, 15) is 18.0 Å². The SMILES string of the molecule is O=C(Oc1ccc(Cl)c(C(F)(F)F)c1)c1ccccc1. The lowest BCUT2D eigenvalue weighted by Gasteiger charge is -2.11. The maximum atomic E-state index is 12.7. The first-order valence-corrected chi connectivity index (χ1v) is 5.89. The summed E-state index contributed by atoms with van der Waals surface area (Å²) in [4.78, 5) is 11.7. The van der Waals surface area contributed by atoms with E-state index in [0.717, 1.165) is 6.07 Å². The number of carbonyl (C=O) groups excluding carboxylic acids is 1. The minimum absolute atomic E-state index is 0.212. The monoisotopic (exact) mass is 300 g/mol. The fourth-order valence-corrected chi connectivity index (χ4v) is 1.75. The molecule has 2 rings (SSSR count). The van der Waals surface area contributed by atoms with E-state index < -0.39 is 22.7 Å². The third kappa shape index (κ3) is 3.30. The summed E-state index contributed by atoms with van der Waals surface area (Å²) >= 11 is 5.47. The summed E-state index contributed by atoms with van der Waals surface area (Å²) in [5.74, 6) is -0.948. The molecule has 2 nitrogen and oxygen atoms in total. The van der Waals surface area contributed by atoms with Gasteiger partial charge in [-0.2, -0.15) is 13.2 Å². The molecule has 2 aromatic carbocycles. The number of alkyl halides is 3. The second-order valence-electron chi connectivity index (χ2n) is 3.89. The maximum absolute atomic E-state index is 12.7. The topological polar surface area (TPSA) is 26.3 Å². The smallest absolute Gasteiger partial charge is 0.417 e. The van der Waals surface area contributed by atoms with Gasteiger partial charge in [0.2, 0.25) is 0 Å². The first kappa shape index (κ1) is 14.4. The highest BCUT2D eigenvalue weighted by Gasteiger charge is 2.33. The molecule has 0 spiro atoms. The second kappa shape index (κ2) is 5.54. The molecular weight excluding hydrogens is 293 g/mol. The lowest BCUT2D eigenvalue weighted by Crippen LogP contribution is -2.10. The number of hydrogen-bond donors (Lipinski definition) is 0. The second-order valence-corrected chi connectivity index (χ2v) is 4.30. The van der Waals surface area contributed by atoms with E-state index in [1.54, 1.807) is 18.2 Å². The van der Waals surface area contributed by atoms with Crippen LogP contribution in [0.2, 0.25) is 5.02 Å². The van der Waals surface area contributed by atoms with Gasteiger partial charge in [-0.1, -0.05) is 29.8 Å². The van der Waals surface area contributed by atoms with Crippen LogP contribution in [0.3, 0.4) is 0 Å². The van der Waals surface area contributed by atoms with Crippen molar-refractivity contribution in [2.75, 3.05) is 0 Å². The summed E-state index contributed by atoms with van der Waals surface area (Å²) in [7, 11) is 0. The Bertz CT molecular complexity index is 624. The lowest BCUT2D eigenvalue weighted by atomic mass is 10.2. The Balaban J connectivity index is 2.25. The molecule has 0 aliphatic rings. The van der Waals surface area contributed by atoms with E-state index in [2.05, 4.69) is 0 Å². The van der Waals surface area contributed by atoms with Gasteiger partial charge in [0.25, 0.3) is 0 Å². The van der Waals surface area contributed by atoms with Crippen LogP contribution >= 0.6 is 11.6 Å². The number of halogens is 4. The quantitative estimate of drug-likeness (QED) is 0.599. The fraction of sp³-hybridized carbons (Fsp3) is 0.0714. The highest BCUT2D eigenvalue weighted by atomic mass is 35.5. The highest BCUT2D eigenvalue weighted by Crippen LogP contribution is 2.36. The zero-order chi connectivity index (χ0) is 14.8.